The van der Waals surface area contributed by atoms with Gasteiger partial charge in [-0.15, -0.1) is 0 Å². The van der Waals surface area contributed by atoms with Crippen molar-refractivity contribution in [2.75, 3.05) is 33.3 Å². The van der Waals surface area contributed by atoms with E-state index in [4.69, 9.17) is 4.74 Å². The predicted molar refractivity (Wildman–Crippen MR) is 98.0 cm³/mol. The zero-order chi connectivity index (χ0) is 18.6. The first-order valence-corrected chi connectivity index (χ1v) is 10.3. The van der Waals surface area contributed by atoms with E-state index in [0.717, 1.165) is 11.1 Å². The molecule has 2 aromatic carbocycles. The molecule has 1 aliphatic rings. The number of piperazine rings is 1. The number of rotatable bonds is 6. The van der Waals surface area contributed by atoms with Crippen molar-refractivity contribution in [3.63, 3.8) is 0 Å². The molecule has 0 aromatic heterocycles. The van der Waals surface area contributed by atoms with Gasteiger partial charge in [0.2, 0.25) is 10.0 Å². The van der Waals surface area contributed by atoms with Crippen LogP contribution in [-0.4, -0.2) is 46.0 Å². The molecule has 3 rings (SSSR count). The lowest BCUT2D eigenvalue weighted by molar-refractivity contribution is -0.917. The standard InChI is InChI=1S/C19H23FN2O3S/c1-25-19-8-7-17(13-18(19)20)14-21-9-11-22(12-10-21)26(23,24)15-16-5-3-2-4-6-16/h2-8,13H,9-12,14-15H2,1H3/p+1. The number of nitrogens with zero attached hydrogens (tertiary/aromatic N) is 1. The number of halogens is 1. The van der Waals surface area contributed by atoms with Crippen LogP contribution in [0.5, 0.6) is 5.75 Å². The van der Waals surface area contributed by atoms with E-state index in [1.54, 1.807) is 10.4 Å². The minimum Gasteiger partial charge on any atom is -0.494 e. The average Bonchev–Trinajstić information content (AvgIpc) is 2.63. The van der Waals surface area contributed by atoms with Gasteiger partial charge in [0.15, 0.2) is 11.6 Å². The molecule has 0 bridgehead atoms. The molecule has 140 valence electrons. The van der Waals surface area contributed by atoms with E-state index >= 15 is 0 Å². The van der Waals surface area contributed by atoms with E-state index in [-0.39, 0.29) is 17.3 Å². The second-order valence-corrected chi connectivity index (χ2v) is 8.51. The van der Waals surface area contributed by atoms with Gasteiger partial charge >= 0.3 is 0 Å². The van der Waals surface area contributed by atoms with Crippen LogP contribution in [0.3, 0.4) is 0 Å². The Hall–Kier alpha value is -1.96. The van der Waals surface area contributed by atoms with Crippen LogP contribution in [0.25, 0.3) is 0 Å². The Bertz CT molecular complexity index is 835. The van der Waals surface area contributed by atoms with Gasteiger partial charge in [-0.1, -0.05) is 30.3 Å². The van der Waals surface area contributed by atoms with Gasteiger partial charge < -0.3 is 9.64 Å². The summed E-state index contributed by atoms with van der Waals surface area (Å²) in [5.41, 5.74) is 1.69. The van der Waals surface area contributed by atoms with E-state index in [9.17, 15) is 12.8 Å². The summed E-state index contributed by atoms with van der Waals surface area (Å²) in [4.78, 5) is 1.25. The van der Waals surface area contributed by atoms with Crippen molar-refractivity contribution in [3.05, 3.63) is 65.5 Å². The second kappa shape index (κ2) is 8.16. The third-order valence-electron chi connectivity index (χ3n) is 4.69. The summed E-state index contributed by atoms with van der Waals surface area (Å²) in [5.74, 6) is -0.0959. The number of quaternary nitrogens is 1. The minimum atomic E-state index is -3.30. The second-order valence-electron chi connectivity index (χ2n) is 6.54. The van der Waals surface area contributed by atoms with Crippen molar-refractivity contribution in [1.29, 1.82) is 0 Å². The Kier molecular flexibility index (Phi) is 5.90. The quantitative estimate of drug-likeness (QED) is 0.817. The monoisotopic (exact) mass is 379 g/mol. The Balaban J connectivity index is 1.56. The van der Waals surface area contributed by atoms with Crippen molar-refractivity contribution >= 4 is 10.0 Å². The maximum atomic E-state index is 13.8. The molecule has 1 fully saturated rings. The summed E-state index contributed by atoms with van der Waals surface area (Å²) < 4.78 is 45.5. The molecule has 0 spiro atoms. The smallest absolute Gasteiger partial charge is 0.218 e. The fourth-order valence-electron chi connectivity index (χ4n) is 3.24. The van der Waals surface area contributed by atoms with Gasteiger partial charge in [0.1, 0.15) is 6.54 Å². The lowest BCUT2D eigenvalue weighted by Gasteiger charge is -2.31. The van der Waals surface area contributed by atoms with Crippen LogP contribution < -0.4 is 9.64 Å². The normalized spacial score (nSPS) is 16.5. The minimum absolute atomic E-state index is 0.0346. The van der Waals surface area contributed by atoms with Crippen LogP contribution in [0, 0.1) is 5.82 Å². The first-order chi connectivity index (χ1) is 12.5. The summed E-state index contributed by atoms with van der Waals surface area (Å²) in [6, 6.07) is 14.2. The molecule has 0 unspecified atom stereocenters. The number of methoxy groups -OCH3 is 1. The number of sulfonamides is 1. The Morgan fingerprint density at radius 2 is 1.77 bits per heavy atom. The third-order valence-corrected chi connectivity index (χ3v) is 6.54. The fraction of sp³-hybridized carbons (Fsp3) is 0.368. The maximum absolute atomic E-state index is 13.8. The zero-order valence-corrected chi connectivity index (χ0v) is 15.6. The molecule has 7 heteroatoms. The highest BCUT2D eigenvalue weighted by atomic mass is 32.2. The van der Waals surface area contributed by atoms with Crippen molar-refractivity contribution < 1.29 is 22.4 Å². The molecule has 5 nitrogen and oxygen atoms in total. The topological polar surface area (TPSA) is 51.1 Å². The van der Waals surface area contributed by atoms with Crippen molar-refractivity contribution in [2.24, 2.45) is 0 Å². The van der Waals surface area contributed by atoms with Crippen molar-refractivity contribution in [2.45, 2.75) is 12.3 Å². The molecule has 0 atom stereocenters. The maximum Gasteiger partial charge on any atom is 0.218 e. The number of hydrogen-bond acceptors (Lipinski definition) is 3. The summed E-state index contributed by atoms with van der Waals surface area (Å²) in [6.07, 6.45) is 0. The molecule has 0 amide bonds. The van der Waals surface area contributed by atoms with E-state index < -0.39 is 10.0 Å². The lowest BCUT2D eigenvalue weighted by atomic mass is 10.2. The first kappa shape index (κ1) is 18.8. The summed E-state index contributed by atoms with van der Waals surface area (Å²) in [5, 5.41) is 0. The number of nitrogens with one attached hydrogen (secondary N) is 1. The molecule has 1 aliphatic heterocycles. The van der Waals surface area contributed by atoms with Gasteiger partial charge in [0.25, 0.3) is 0 Å². The van der Waals surface area contributed by atoms with Gasteiger partial charge in [0.05, 0.1) is 39.0 Å². The van der Waals surface area contributed by atoms with Gasteiger partial charge in [-0.3, -0.25) is 0 Å². The summed E-state index contributed by atoms with van der Waals surface area (Å²) >= 11 is 0. The molecule has 0 saturated carbocycles. The van der Waals surface area contributed by atoms with E-state index in [2.05, 4.69) is 0 Å². The van der Waals surface area contributed by atoms with Gasteiger partial charge in [-0.2, -0.15) is 4.31 Å². The Labute approximate surface area is 154 Å². The van der Waals surface area contributed by atoms with Crippen LogP contribution in [0.1, 0.15) is 11.1 Å². The molecule has 0 radical (unpaired) electrons. The van der Waals surface area contributed by atoms with Crippen molar-refractivity contribution in [3.8, 4) is 5.75 Å². The molecule has 0 aliphatic carbocycles. The van der Waals surface area contributed by atoms with E-state index in [0.29, 0.717) is 32.7 Å². The molecule has 1 N–H and O–H groups in total. The highest BCUT2D eigenvalue weighted by Crippen LogP contribution is 2.17. The molecule has 2 aromatic rings. The van der Waals surface area contributed by atoms with Crippen LogP contribution in [0.2, 0.25) is 0 Å². The van der Waals surface area contributed by atoms with Gasteiger partial charge in [-0.05, 0) is 23.8 Å². The third kappa shape index (κ3) is 4.60. The highest BCUT2D eigenvalue weighted by Gasteiger charge is 2.29. The molecular formula is C19H24FN2O3S+. The zero-order valence-electron chi connectivity index (χ0n) is 14.8. The Morgan fingerprint density at radius 1 is 1.08 bits per heavy atom. The van der Waals surface area contributed by atoms with E-state index in [1.165, 1.54) is 18.1 Å². The van der Waals surface area contributed by atoms with Crippen LogP contribution in [0.4, 0.5) is 4.39 Å². The van der Waals surface area contributed by atoms with Crippen LogP contribution in [0.15, 0.2) is 48.5 Å². The number of hydrogen-bond donors (Lipinski definition) is 1. The lowest BCUT2D eigenvalue weighted by Crippen LogP contribution is -3.13. The summed E-state index contributed by atoms with van der Waals surface area (Å²) in [6.45, 7) is 3.07. The molecular weight excluding hydrogens is 355 g/mol. The van der Waals surface area contributed by atoms with Gasteiger partial charge in [-0.25, -0.2) is 12.8 Å². The highest BCUT2D eigenvalue weighted by molar-refractivity contribution is 7.88. The van der Waals surface area contributed by atoms with Crippen molar-refractivity contribution in [1.82, 2.24) is 4.31 Å². The molecule has 1 saturated heterocycles. The SMILES string of the molecule is COc1ccc(C[NH+]2CCN(S(=O)(=O)Cc3ccccc3)CC2)cc1F. The number of ether oxygens (including phenoxy) is 1. The largest absolute Gasteiger partial charge is 0.494 e. The number of benzene rings is 2. The van der Waals surface area contributed by atoms with Gasteiger partial charge in [0, 0.05) is 5.56 Å². The first-order valence-electron chi connectivity index (χ1n) is 8.65. The van der Waals surface area contributed by atoms with E-state index in [1.807, 2.05) is 36.4 Å². The predicted octanol–water partition coefficient (Wildman–Crippen LogP) is 1.06. The summed E-state index contributed by atoms with van der Waals surface area (Å²) in [7, 11) is -1.86. The Morgan fingerprint density at radius 3 is 2.38 bits per heavy atom. The van der Waals surface area contributed by atoms with Crippen LogP contribution in [-0.2, 0) is 22.3 Å². The fourth-order valence-corrected chi connectivity index (χ4v) is 4.78. The average molecular weight is 379 g/mol. The molecule has 26 heavy (non-hydrogen) atoms. The molecule has 1 heterocycles. The van der Waals surface area contributed by atoms with Crippen LogP contribution >= 0.6 is 0 Å².